The number of hydrogen-bond donors (Lipinski definition) is 1. The summed E-state index contributed by atoms with van der Waals surface area (Å²) >= 11 is 3.42. The third-order valence-corrected chi connectivity index (χ3v) is 4.40. The summed E-state index contributed by atoms with van der Waals surface area (Å²) in [5.41, 5.74) is 1.42. The molecule has 0 aliphatic heterocycles. The van der Waals surface area contributed by atoms with Gasteiger partial charge in [0.05, 0.1) is 12.0 Å². The van der Waals surface area contributed by atoms with Crippen LogP contribution in [0.4, 0.5) is 5.69 Å². The van der Waals surface area contributed by atoms with Crippen LogP contribution in [0.5, 0.6) is 0 Å². The zero-order valence-electron chi connectivity index (χ0n) is 10.7. The molecule has 1 amide bonds. The first-order valence-electron chi connectivity index (χ1n) is 6.15. The lowest BCUT2D eigenvalue weighted by Crippen LogP contribution is -2.49. The Morgan fingerprint density at radius 1 is 1.50 bits per heavy atom. The van der Waals surface area contributed by atoms with Gasteiger partial charge in [-0.3, -0.25) is 4.79 Å². The Morgan fingerprint density at radius 3 is 2.67 bits per heavy atom. The largest absolute Gasteiger partial charge is 0.395 e. The lowest BCUT2D eigenvalue weighted by atomic mass is 9.68. The van der Waals surface area contributed by atoms with E-state index in [1.807, 2.05) is 25.1 Å². The summed E-state index contributed by atoms with van der Waals surface area (Å²) in [6, 6.07) is 5.88. The van der Waals surface area contributed by atoms with Crippen LogP contribution in [0.3, 0.4) is 0 Å². The molecule has 0 heterocycles. The van der Waals surface area contributed by atoms with Crippen molar-refractivity contribution in [2.45, 2.75) is 26.2 Å². The number of amides is 1. The summed E-state index contributed by atoms with van der Waals surface area (Å²) in [6.07, 6.45) is 2.61. The number of carbonyl (C=O) groups is 1. The van der Waals surface area contributed by atoms with Crippen LogP contribution < -0.4 is 4.90 Å². The Balaban J connectivity index is 2.28. The molecule has 0 atom stereocenters. The molecule has 18 heavy (non-hydrogen) atoms. The number of rotatable bonds is 3. The smallest absolute Gasteiger partial charge is 0.235 e. The molecule has 1 aromatic rings. The number of halogens is 1. The van der Waals surface area contributed by atoms with Gasteiger partial charge in [0.15, 0.2) is 0 Å². The Labute approximate surface area is 116 Å². The normalized spacial score (nSPS) is 17.1. The molecular weight excluding hydrogens is 294 g/mol. The van der Waals surface area contributed by atoms with Gasteiger partial charge in [-0.05, 0) is 37.5 Å². The average molecular weight is 312 g/mol. The Kier molecular flexibility index (Phi) is 3.78. The van der Waals surface area contributed by atoms with Crippen molar-refractivity contribution in [1.82, 2.24) is 0 Å². The van der Waals surface area contributed by atoms with Crippen molar-refractivity contribution in [1.29, 1.82) is 0 Å². The maximum absolute atomic E-state index is 12.5. The van der Waals surface area contributed by atoms with Gasteiger partial charge in [-0.25, -0.2) is 0 Å². The number of carbonyl (C=O) groups excluding carboxylic acids is 1. The molecule has 2 rings (SSSR count). The van der Waals surface area contributed by atoms with E-state index in [-0.39, 0.29) is 12.5 Å². The van der Waals surface area contributed by atoms with Crippen molar-refractivity contribution < 1.29 is 9.90 Å². The van der Waals surface area contributed by atoms with Crippen LogP contribution in [0.15, 0.2) is 22.7 Å². The minimum Gasteiger partial charge on any atom is -0.395 e. The van der Waals surface area contributed by atoms with E-state index < -0.39 is 5.41 Å². The lowest BCUT2D eigenvalue weighted by Gasteiger charge is -2.41. The molecule has 0 spiro atoms. The van der Waals surface area contributed by atoms with Crippen molar-refractivity contribution in [3.05, 3.63) is 28.2 Å². The summed E-state index contributed by atoms with van der Waals surface area (Å²) in [4.78, 5) is 14.2. The summed E-state index contributed by atoms with van der Waals surface area (Å²) in [7, 11) is 1.78. The van der Waals surface area contributed by atoms with E-state index in [0.29, 0.717) is 0 Å². The van der Waals surface area contributed by atoms with Crippen molar-refractivity contribution in [3.63, 3.8) is 0 Å². The molecular formula is C14H18BrNO2. The van der Waals surface area contributed by atoms with Crippen LogP contribution in [0.25, 0.3) is 0 Å². The Bertz CT molecular complexity index is 463. The van der Waals surface area contributed by atoms with Crippen LogP contribution in [0.2, 0.25) is 0 Å². The summed E-state index contributed by atoms with van der Waals surface area (Å²) in [5.74, 6) is 0.0254. The highest BCUT2D eigenvalue weighted by atomic mass is 79.9. The van der Waals surface area contributed by atoms with Crippen molar-refractivity contribution in [3.8, 4) is 0 Å². The highest BCUT2D eigenvalue weighted by Gasteiger charge is 2.45. The van der Waals surface area contributed by atoms with E-state index in [4.69, 9.17) is 0 Å². The van der Waals surface area contributed by atoms with Crippen LogP contribution in [-0.4, -0.2) is 24.7 Å². The first-order valence-corrected chi connectivity index (χ1v) is 6.95. The fourth-order valence-corrected chi connectivity index (χ4v) is 2.80. The van der Waals surface area contributed by atoms with Gasteiger partial charge in [0.2, 0.25) is 5.91 Å². The molecule has 0 bridgehead atoms. The van der Waals surface area contributed by atoms with Crippen LogP contribution in [0.1, 0.15) is 24.8 Å². The SMILES string of the molecule is Cc1ccc(Br)cc1N(C)C(=O)C1(CO)CCC1. The van der Waals surface area contributed by atoms with Crippen LogP contribution >= 0.6 is 15.9 Å². The second kappa shape index (κ2) is 5.02. The quantitative estimate of drug-likeness (QED) is 0.932. The number of aliphatic hydroxyl groups is 1. The first-order chi connectivity index (χ1) is 8.50. The number of nitrogens with zero attached hydrogens (tertiary/aromatic N) is 1. The second-order valence-corrected chi connectivity index (χ2v) is 6.00. The standard InChI is InChI=1S/C14H18BrNO2/c1-10-4-5-11(15)8-12(10)16(2)13(18)14(9-17)6-3-7-14/h4-5,8,17H,3,6-7,9H2,1-2H3. The van der Waals surface area contributed by atoms with E-state index in [1.165, 1.54) is 0 Å². The summed E-state index contributed by atoms with van der Waals surface area (Å²) in [5, 5.41) is 9.47. The van der Waals surface area contributed by atoms with Gasteiger partial charge in [0.25, 0.3) is 0 Å². The van der Waals surface area contributed by atoms with Gasteiger partial charge in [0.1, 0.15) is 0 Å². The zero-order valence-corrected chi connectivity index (χ0v) is 12.3. The van der Waals surface area contributed by atoms with Gasteiger partial charge in [0, 0.05) is 17.2 Å². The molecule has 4 heteroatoms. The van der Waals surface area contributed by atoms with Gasteiger partial charge < -0.3 is 10.0 Å². The second-order valence-electron chi connectivity index (χ2n) is 5.09. The Morgan fingerprint density at radius 2 is 2.17 bits per heavy atom. The van der Waals surface area contributed by atoms with E-state index >= 15 is 0 Å². The van der Waals surface area contributed by atoms with E-state index in [9.17, 15) is 9.90 Å². The zero-order chi connectivity index (χ0) is 13.3. The molecule has 1 N–H and O–H groups in total. The highest BCUT2D eigenvalue weighted by Crippen LogP contribution is 2.42. The van der Waals surface area contributed by atoms with Crippen LogP contribution in [0, 0.1) is 12.3 Å². The van der Waals surface area contributed by atoms with E-state index in [2.05, 4.69) is 15.9 Å². The molecule has 0 radical (unpaired) electrons. The highest BCUT2D eigenvalue weighted by molar-refractivity contribution is 9.10. The fraction of sp³-hybridized carbons (Fsp3) is 0.500. The maximum Gasteiger partial charge on any atom is 0.235 e. The van der Waals surface area contributed by atoms with Gasteiger partial charge >= 0.3 is 0 Å². The van der Waals surface area contributed by atoms with E-state index in [0.717, 1.165) is 35.0 Å². The molecule has 1 aliphatic carbocycles. The third kappa shape index (κ3) is 2.19. The first kappa shape index (κ1) is 13.6. The molecule has 1 aromatic carbocycles. The molecule has 3 nitrogen and oxygen atoms in total. The molecule has 98 valence electrons. The average Bonchev–Trinajstić information content (AvgIpc) is 2.30. The fourth-order valence-electron chi connectivity index (χ4n) is 2.45. The number of aryl methyl sites for hydroxylation is 1. The molecule has 1 fully saturated rings. The number of anilines is 1. The lowest BCUT2D eigenvalue weighted by molar-refractivity contribution is -0.136. The van der Waals surface area contributed by atoms with Crippen molar-refractivity contribution in [2.75, 3.05) is 18.6 Å². The van der Waals surface area contributed by atoms with E-state index in [1.54, 1.807) is 11.9 Å². The van der Waals surface area contributed by atoms with Gasteiger partial charge in [-0.2, -0.15) is 0 Å². The number of aliphatic hydroxyl groups excluding tert-OH is 1. The van der Waals surface area contributed by atoms with Gasteiger partial charge in [-0.1, -0.05) is 28.4 Å². The summed E-state index contributed by atoms with van der Waals surface area (Å²) < 4.78 is 0.953. The summed E-state index contributed by atoms with van der Waals surface area (Å²) in [6.45, 7) is 1.93. The molecule has 1 aliphatic rings. The van der Waals surface area contributed by atoms with Gasteiger partial charge in [-0.15, -0.1) is 0 Å². The monoisotopic (exact) mass is 311 g/mol. The third-order valence-electron chi connectivity index (χ3n) is 3.90. The predicted molar refractivity (Wildman–Crippen MR) is 75.7 cm³/mol. The van der Waals surface area contributed by atoms with Crippen LogP contribution in [-0.2, 0) is 4.79 Å². The maximum atomic E-state index is 12.5. The molecule has 1 saturated carbocycles. The molecule has 0 unspecified atom stereocenters. The topological polar surface area (TPSA) is 40.5 Å². The number of benzene rings is 1. The minimum atomic E-state index is -0.538. The molecule has 0 aromatic heterocycles. The predicted octanol–water partition coefficient (Wildman–Crippen LogP) is 2.88. The van der Waals surface area contributed by atoms with Crippen molar-refractivity contribution >= 4 is 27.5 Å². The number of hydrogen-bond acceptors (Lipinski definition) is 2. The minimum absolute atomic E-state index is 0.0254. The Hall–Kier alpha value is -0.870. The van der Waals surface area contributed by atoms with Crippen molar-refractivity contribution in [2.24, 2.45) is 5.41 Å². The molecule has 0 saturated heterocycles.